The molecule has 2 aliphatic rings. The standard InChI is InChI=1S/C22H27N5O2/c1-24-21(28)20(14-16-8-4-2-5-9-16)27-13-12-18(17-10-6-3-7-11-17)15-19(22(27)29)25-26-23/h2-10,17-20H,11-15H2,1H3,(H,24,28)/t17?,18-,19-,20-/m0/s1. The molecule has 0 aromatic heterocycles. The Bertz CT molecular complexity index is 829. The fourth-order valence-corrected chi connectivity index (χ4v) is 4.27. The first-order chi connectivity index (χ1) is 14.1. The van der Waals surface area contributed by atoms with Gasteiger partial charge in [-0.25, -0.2) is 0 Å². The van der Waals surface area contributed by atoms with Crippen molar-refractivity contribution in [1.82, 2.24) is 10.2 Å². The molecule has 0 spiro atoms. The van der Waals surface area contributed by atoms with Crippen molar-refractivity contribution >= 4 is 11.8 Å². The molecule has 1 unspecified atom stereocenters. The van der Waals surface area contributed by atoms with E-state index in [1.165, 1.54) is 0 Å². The van der Waals surface area contributed by atoms with Gasteiger partial charge in [-0.15, -0.1) is 0 Å². The molecule has 0 saturated carbocycles. The number of hydrogen-bond donors (Lipinski definition) is 1. The molecule has 1 fully saturated rings. The Morgan fingerprint density at radius 3 is 2.79 bits per heavy atom. The Kier molecular flexibility index (Phi) is 7.09. The summed E-state index contributed by atoms with van der Waals surface area (Å²) in [5, 5.41) is 6.50. The van der Waals surface area contributed by atoms with Crippen molar-refractivity contribution in [2.45, 2.75) is 37.8 Å². The molecule has 2 amide bonds. The van der Waals surface area contributed by atoms with Crippen LogP contribution in [0.25, 0.3) is 10.4 Å². The molecule has 0 radical (unpaired) electrons. The maximum Gasteiger partial charge on any atom is 0.242 e. The van der Waals surface area contributed by atoms with Gasteiger partial charge in [-0.05, 0) is 42.2 Å². The fourth-order valence-electron chi connectivity index (χ4n) is 4.27. The number of azide groups is 1. The summed E-state index contributed by atoms with van der Waals surface area (Å²) in [6.07, 6.45) is 11.0. The second-order valence-corrected chi connectivity index (χ2v) is 7.57. The van der Waals surface area contributed by atoms with E-state index in [1.807, 2.05) is 42.5 Å². The van der Waals surface area contributed by atoms with Gasteiger partial charge in [0.2, 0.25) is 11.8 Å². The first-order valence-electron chi connectivity index (χ1n) is 10.1. The van der Waals surface area contributed by atoms with Gasteiger partial charge in [0.1, 0.15) is 12.1 Å². The first-order valence-corrected chi connectivity index (χ1v) is 10.1. The Morgan fingerprint density at radius 1 is 1.34 bits per heavy atom. The zero-order valence-corrected chi connectivity index (χ0v) is 16.6. The predicted octanol–water partition coefficient (Wildman–Crippen LogP) is 3.39. The summed E-state index contributed by atoms with van der Waals surface area (Å²) in [6.45, 7) is 0.472. The van der Waals surface area contributed by atoms with E-state index in [0.29, 0.717) is 25.3 Å². The monoisotopic (exact) mass is 393 g/mol. The Hall–Kier alpha value is -3.05. The van der Waals surface area contributed by atoms with Gasteiger partial charge in [0, 0.05) is 24.9 Å². The van der Waals surface area contributed by atoms with Crippen LogP contribution in [-0.2, 0) is 16.0 Å². The minimum Gasteiger partial charge on any atom is -0.357 e. The molecule has 1 aliphatic heterocycles. The number of hydrogen-bond acceptors (Lipinski definition) is 3. The second-order valence-electron chi connectivity index (χ2n) is 7.57. The van der Waals surface area contributed by atoms with Crippen molar-refractivity contribution in [2.24, 2.45) is 17.0 Å². The molecule has 7 nitrogen and oxygen atoms in total. The lowest BCUT2D eigenvalue weighted by atomic mass is 9.81. The van der Waals surface area contributed by atoms with Crippen LogP contribution in [0.5, 0.6) is 0 Å². The van der Waals surface area contributed by atoms with Crippen LogP contribution < -0.4 is 5.32 Å². The highest BCUT2D eigenvalue weighted by Crippen LogP contribution is 2.33. The van der Waals surface area contributed by atoms with E-state index < -0.39 is 12.1 Å². The van der Waals surface area contributed by atoms with Crippen LogP contribution >= 0.6 is 0 Å². The fraction of sp³-hybridized carbons (Fsp3) is 0.455. The number of nitrogens with zero attached hydrogens (tertiary/aromatic N) is 4. The molecule has 1 aromatic carbocycles. The highest BCUT2D eigenvalue weighted by atomic mass is 16.2. The molecule has 3 rings (SSSR count). The van der Waals surface area contributed by atoms with Crippen molar-refractivity contribution in [3.05, 3.63) is 70.6 Å². The number of amides is 2. The Labute approximate surface area is 171 Å². The van der Waals surface area contributed by atoms with Crippen LogP contribution in [-0.4, -0.2) is 42.4 Å². The highest BCUT2D eigenvalue weighted by Gasteiger charge is 2.38. The number of allylic oxidation sites excluding steroid dienone is 4. The van der Waals surface area contributed by atoms with Crippen molar-refractivity contribution in [3.8, 4) is 0 Å². The summed E-state index contributed by atoms with van der Waals surface area (Å²) in [7, 11) is 1.58. The van der Waals surface area contributed by atoms with Gasteiger partial charge < -0.3 is 10.2 Å². The van der Waals surface area contributed by atoms with Gasteiger partial charge in [0.05, 0.1) is 0 Å². The van der Waals surface area contributed by atoms with E-state index in [-0.39, 0.29) is 17.7 Å². The number of carbonyl (C=O) groups excluding carboxylic acids is 2. The third-order valence-electron chi connectivity index (χ3n) is 5.84. The second kappa shape index (κ2) is 9.94. The molecular formula is C22H27N5O2. The summed E-state index contributed by atoms with van der Waals surface area (Å²) in [5.74, 6) is 0.0745. The van der Waals surface area contributed by atoms with Crippen molar-refractivity contribution < 1.29 is 9.59 Å². The van der Waals surface area contributed by atoms with E-state index in [2.05, 4.69) is 27.5 Å². The maximum atomic E-state index is 13.3. The molecule has 1 aromatic rings. The molecule has 0 bridgehead atoms. The zero-order valence-electron chi connectivity index (χ0n) is 16.6. The summed E-state index contributed by atoms with van der Waals surface area (Å²) in [4.78, 5) is 30.5. The normalized spacial score (nSPS) is 25.1. The smallest absolute Gasteiger partial charge is 0.242 e. The molecule has 1 saturated heterocycles. The first kappa shape index (κ1) is 20.7. The van der Waals surface area contributed by atoms with Gasteiger partial charge in [0.25, 0.3) is 0 Å². The number of nitrogens with one attached hydrogen (secondary N) is 1. The molecule has 4 atom stereocenters. The SMILES string of the molecule is CNC(=O)[C@H](Cc1ccccc1)N1CC[C@H](C2C=CC=CC2)C[C@H](N=[N+]=[N-])C1=O. The van der Waals surface area contributed by atoms with E-state index in [9.17, 15) is 9.59 Å². The molecule has 7 heteroatoms. The quantitative estimate of drug-likeness (QED) is 0.455. The van der Waals surface area contributed by atoms with Gasteiger partial charge in [0.15, 0.2) is 0 Å². The highest BCUT2D eigenvalue weighted by molar-refractivity contribution is 5.90. The van der Waals surface area contributed by atoms with Gasteiger partial charge in [-0.3, -0.25) is 9.59 Å². The molecular weight excluding hydrogens is 366 g/mol. The van der Waals surface area contributed by atoms with Crippen molar-refractivity contribution in [1.29, 1.82) is 0 Å². The van der Waals surface area contributed by atoms with Crippen LogP contribution in [0.15, 0.2) is 59.8 Å². The minimum absolute atomic E-state index is 0.208. The lowest BCUT2D eigenvalue weighted by molar-refractivity contribution is -0.140. The van der Waals surface area contributed by atoms with E-state index in [0.717, 1.165) is 18.4 Å². The zero-order chi connectivity index (χ0) is 20.6. The Balaban J connectivity index is 1.87. The predicted molar refractivity (Wildman–Crippen MR) is 112 cm³/mol. The average Bonchev–Trinajstić information content (AvgIpc) is 2.92. The van der Waals surface area contributed by atoms with E-state index in [4.69, 9.17) is 5.53 Å². The maximum absolute atomic E-state index is 13.3. The number of benzene rings is 1. The average molecular weight is 393 g/mol. The van der Waals surface area contributed by atoms with Crippen LogP contribution in [0, 0.1) is 11.8 Å². The summed E-state index contributed by atoms with van der Waals surface area (Å²) < 4.78 is 0. The summed E-state index contributed by atoms with van der Waals surface area (Å²) in [6, 6.07) is 8.24. The third kappa shape index (κ3) is 5.06. The summed E-state index contributed by atoms with van der Waals surface area (Å²) in [5.41, 5.74) is 10.0. The van der Waals surface area contributed by atoms with Crippen LogP contribution in [0.2, 0.25) is 0 Å². The third-order valence-corrected chi connectivity index (χ3v) is 5.84. The van der Waals surface area contributed by atoms with Gasteiger partial charge >= 0.3 is 0 Å². The topological polar surface area (TPSA) is 98.2 Å². The van der Waals surface area contributed by atoms with Gasteiger partial charge in [-0.1, -0.05) is 59.8 Å². The van der Waals surface area contributed by atoms with Crippen molar-refractivity contribution in [2.75, 3.05) is 13.6 Å². The summed E-state index contributed by atoms with van der Waals surface area (Å²) >= 11 is 0. The molecule has 1 N–H and O–H groups in total. The Morgan fingerprint density at radius 2 is 2.14 bits per heavy atom. The number of carbonyl (C=O) groups is 2. The molecule has 1 heterocycles. The number of rotatable bonds is 6. The lowest BCUT2D eigenvalue weighted by Gasteiger charge is -2.31. The number of likely N-dealkylation sites (tertiary alicyclic amines) is 1. The lowest BCUT2D eigenvalue weighted by Crippen LogP contribution is -2.52. The molecule has 1 aliphatic carbocycles. The van der Waals surface area contributed by atoms with Crippen molar-refractivity contribution in [3.63, 3.8) is 0 Å². The largest absolute Gasteiger partial charge is 0.357 e. The van der Waals surface area contributed by atoms with Crippen LogP contribution in [0.4, 0.5) is 0 Å². The number of likely N-dealkylation sites (N-methyl/N-ethyl adjacent to an activating group) is 1. The van der Waals surface area contributed by atoms with Crippen LogP contribution in [0.1, 0.15) is 24.8 Å². The van der Waals surface area contributed by atoms with Crippen LogP contribution in [0.3, 0.4) is 0 Å². The molecule has 29 heavy (non-hydrogen) atoms. The van der Waals surface area contributed by atoms with Gasteiger partial charge in [-0.2, -0.15) is 0 Å². The minimum atomic E-state index is -0.783. The molecule has 152 valence electrons. The van der Waals surface area contributed by atoms with E-state index >= 15 is 0 Å². The van der Waals surface area contributed by atoms with E-state index in [1.54, 1.807) is 11.9 Å².